The van der Waals surface area contributed by atoms with E-state index >= 15 is 0 Å². The fraction of sp³-hybridized carbons (Fsp3) is 0.727. The van der Waals surface area contributed by atoms with Gasteiger partial charge in [-0.25, -0.2) is 9.59 Å². The first-order valence-electron chi connectivity index (χ1n) is 11.2. The Morgan fingerprint density at radius 3 is 2.15 bits per heavy atom. The molecule has 0 aromatic heterocycles. The number of ether oxygens (including phenoxy) is 1. The van der Waals surface area contributed by atoms with Crippen molar-refractivity contribution in [2.45, 2.75) is 90.4 Å². The van der Waals surface area contributed by atoms with Crippen LogP contribution in [0.15, 0.2) is 0 Å². The lowest BCUT2D eigenvalue weighted by Crippen LogP contribution is -2.56. The van der Waals surface area contributed by atoms with E-state index in [1.54, 1.807) is 34.6 Å². The topological polar surface area (TPSA) is 179 Å². The van der Waals surface area contributed by atoms with Crippen LogP contribution < -0.4 is 10.6 Å². The van der Waals surface area contributed by atoms with E-state index in [0.29, 0.717) is 6.42 Å². The molecule has 0 aromatic carbocycles. The van der Waals surface area contributed by atoms with E-state index < -0.39 is 65.8 Å². The summed E-state index contributed by atoms with van der Waals surface area (Å²) < 4.78 is 5.16. The number of amides is 3. The van der Waals surface area contributed by atoms with E-state index in [4.69, 9.17) is 14.9 Å². The van der Waals surface area contributed by atoms with Crippen LogP contribution in [0.1, 0.15) is 66.7 Å². The highest BCUT2D eigenvalue weighted by atomic mass is 16.6. The van der Waals surface area contributed by atoms with Crippen LogP contribution in [0.5, 0.6) is 0 Å². The van der Waals surface area contributed by atoms with E-state index in [0.717, 1.165) is 0 Å². The molecule has 1 saturated heterocycles. The van der Waals surface area contributed by atoms with Crippen molar-refractivity contribution in [2.75, 3.05) is 6.54 Å². The minimum atomic E-state index is -1.67. The number of nitrogens with one attached hydrogen (secondary N) is 2. The third kappa shape index (κ3) is 9.36. The Morgan fingerprint density at radius 2 is 1.65 bits per heavy atom. The van der Waals surface area contributed by atoms with Gasteiger partial charge in [0.05, 0.1) is 6.04 Å². The highest BCUT2D eigenvalue weighted by Gasteiger charge is 2.40. The molecule has 1 fully saturated rings. The zero-order valence-electron chi connectivity index (χ0n) is 20.3. The largest absolute Gasteiger partial charge is 0.481 e. The van der Waals surface area contributed by atoms with Gasteiger partial charge in [-0.15, -0.1) is 0 Å². The molecule has 0 radical (unpaired) electrons. The molecule has 192 valence electrons. The van der Waals surface area contributed by atoms with Crippen molar-refractivity contribution in [3.8, 4) is 0 Å². The summed E-state index contributed by atoms with van der Waals surface area (Å²) in [6, 6.07) is -3.48. The normalized spacial score (nSPS) is 17.6. The van der Waals surface area contributed by atoms with E-state index in [1.807, 2.05) is 0 Å². The Labute approximate surface area is 198 Å². The van der Waals surface area contributed by atoms with Crippen LogP contribution >= 0.6 is 0 Å². The molecule has 3 atom stereocenters. The number of rotatable bonds is 11. The molecule has 3 amide bonds. The highest BCUT2D eigenvalue weighted by molar-refractivity contribution is 6.35. The predicted octanol–water partition coefficient (Wildman–Crippen LogP) is 0.920. The zero-order chi connectivity index (χ0) is 26.2. The van der Waals surface area contributed by atoms with E-state index in [-0.39, 0.29) is 31.7 Å². The second kappa shape index (κ2) is 12.3. The van der Waals surface area contributed by atoms with Gasteiger partial charge in [0, 0.05) is 13.0 Å². The maximum absolute atomic E-state index is 13.2. The number of likely N-dealkylation sites (tertiary alicyclic amines) is 1. The Balaban J connectivity index is 3.02. The lowest BCUT2D eigenvalue weighted by atomic mass is 9.99. The van der Waals surface area contributed by atoms with Crippen molar-refractivity contribution >= 4 is 35.6 Å². The number of alkyl carbamates (subject to hydrolysis) is 1. The molecule has 1 heterocycles. The molecule has 4 N–H and O–H groups in total. The summed E-state index contributed by atoms with van der Waals surface area (Å²) in [5.74, 6) is -5.39. The summed E-state index contributed by atoms with van der Waals surface area (Å²) in [6.45, 7) is 8.62. The summed E-state index contributed by atoms with van der Waals surface area (Å²) >= 11 is 0. The third-order valence-corrected chi connectivity index (χ3v) is 5.03. The monoisotopic (exact) mass is 485 g/mol. The molecule has 0 spiro atoms. The summed E-state index contributed by atoms with van der Waals surface area (Å²) in [5.41, 5.74) is -0.845. The molecule has 12 nitrogen and oxygen atoms in total. The SMILES string of the molecule is CC(C)C[C@H](NC(=O)C1CCCN1C(=O)[C@H](CCC(=O)O)NC(=O)OC(C)(C)C)C(=O)C(=O)O. The number of Topliss-reactive ketones (excluding diaryl/α,β-unsaturated/α-hetero) is 1. The Kier molecular flexibility index (Phi) is 10.5. The average molecular weight is 486 g/mol. The molecule has 0 aromatic rings. The number of nitrogens with zero attached hydrogens (tertiary/aromatic N) is 1. The number of carbonyl (C=O) groups is 6. The fourth-order valence-corrected chi connectivity index (χ4v) is 3.60. The first-order chi connectivity index (χ1) is 15.6. The van der Waals surface area contributed by atoms with Gasteiger partial charge in [0.25, 0.3) is 5.78 Å². The second-order valence-corrected chi connectivity index (χ2v) is 9.68. The van der Waals surface area contributed by atoms with Crippen LogP contribution in [0.25, 0.3) is 0 Å². The number of hydrogen-bond donors (Lipinski definition) is 4. The van der Waals surface area contributed by atoms with Crippen molar-refractivity contribution in [3.05, 3.63) is 0 Å². The number of ketones is 1. The number of hydrogen-bond acceptors (Lipinski definition) is 7. The van der Waals surface area contributed by atoms with Gasteiger partial charge in [0.15, 0.2) is 0 Å². The van der Waals surface area contributed by atoms with Crippen LogP contribution in [0.2, 0.25) is 0 Å². The molecular formula is C22H35N3O9. The van der Waals surface area contributed by atoms with Gasteiger partial charge in [-0.2, -0.15) is 0 Å². The Morgan fingerprint density at radius 1 is 1.03 bits per heavy atom. The second-order valence-electron chi connectivity index (χ2n) is 9.68. The van der Waals surface area contributed by atoms with Gasteiger partial charge in [-0.05, 0) is 52.4 Å². The quantitative estimate of drug-likeness (QED) is 0.310. The molecule has 0 saturated carbocycles. The van der Waals surface area contributed by atoms with E-state index in [1.165, 1.54) is 4.90 Å². The molecule has 1 aliphatic heterocycles. The highest BCUT2D eigenvalue weighted by Crippen LogP contribution is 2.21. The number of carbonyl (C=O) groups excluding carboxylic acids is 4. The van der Waals surface area contributed by atoms with Crippen LogP contribution in [-0.4, -0.2) is 81.0 Å². The van der Waals surface area contributed by atoms with Gasteiger partial charge in [-0.1, -0.05) is 13.8 Å². The lowest BCUT2D eigenvalue weighted by Gasteiger charge is -2.30. The lowest BCUT2D eigenvalue weighted by molar-refractivity contribution is -0.151. The maximum atomic E-state index is 13.2. The molecule has 0 aliphatic carbocycles. The van der Waals surface area contributed by atoms with Crippen molar-refractivity contribution < 1.29 is 43.7 Å². The zero-order valence-corrected chi connectivity index (χ0v) is 20.3. The molecule has 0 bridgehead atoms. The minimum Gasteiger partial charge on any atom is -0.481 e. The molecule has 1 aliphatic rings. The fourth-order valence-electron chi connectivity index (χ4n) is 3.60. The summed E-state index contributed by atoms with van der Waals surface area (Å²) in [7, 11) is 0. The van der Waals surface area contributed by atoms with Crippen LogP contribution in [0.3, 0.4) is 0 Å². The molecule has 1 unspecified atom stereocenters. The molecule has 1 rings (SSSR count). The van der Waals surface area contributed by atoms with Crippen molar-refractivity contribution in [3.63, 3.8) is 0 Å². The van der Waals surface area contributed by atoms with Crippen molar-refractivity contribution in [1.82, 2.24) is 15.5 Å². The Bertz CT molecular complexity index is 804. The summed E-state index contributed by atoms with van der Waals surface area (Å²) in [4.78, 5) is 73.8. The molecule has 12 heteroatoms. The number of carboxylic acids is 2. The number of aliphatic carboxylic acids is 2. The summed E-state index contributed by atoms with van der Waals surface area (Å²) in [6.07, 6.45) is -0.680. The van der Waals surface area contributed by atoms with Crippen LogP contribution in [-0.2, 0) is 28.7 Å². The maximum Gasteiger partial charge on any atom is 0.408 e. The van der Waals surface area contributed by atoms with Crippen molar-refractivity contribution in [2.24, 2.45) is 5.92 Å². The van der Waals surface area contributed by atoms with Crippen LogP contribution in [0, 0.1) is 5.92 Å². The average Bonchev–Trinajstić information content (AvgIpc) is 3.17. The standard InChI is InChI=1S/C22H35N3O9/c1-12(2)11-14(17(28)20(31)32)23-18(29)15-7-6-10-25(15)19(30)13(8-9-16(26)27)24-21(33)34-22(3,4)5/h12-15H,6-11H2,1-5H3,(H,23,29)(H,24,33)(H,26,27)(H,31,32)/t13-,14-,15?/m0/s1. The van der Waals surface area contributed by atoms with Crippen LogP contribution in [0.4, 0.5) is 4.79 Å². The smallest absolute Gasteiger partial charge is 0.408 e. The van der Waals surface area contributed by atoms with Gasteiger partial charge >= 0.3 is 18.0 Å². The summed E-state index contributed by atoms with van der Waals surface area (Å²) in [5, 5.41) is 22.9. The van der Waals surface area contributed by atoms with Gasteiger partial charge < -0.3 is 30.5 Å². The predicted molar refractivity (Wildman–Crippen MR) is 119 cm³/mol. The first-order valence-corrected chi connectivity index (χ1v) is 11.2. The van der Waals surface area contributed by atoms with Gasteiger partial charge in [-0.3, -0.25) is 19.2 Å². The van der Waals surface area contributed by atoms with Gasteiger partial charge in [0.1, 0.15) is 17.7 Å². The number of carboxylic acid groups (broad SMARTS) is 2. The Hall–Kier alpha value is -3.18. The third-order valence-electron chi connectivity index (χ3n) is 5.03. The van der Waals surface area contributed by atoms with E-state index in [9.17, 15) is 28.8 Å². The van der Waals surface area contributed by atoms with Gasteiger partial charge in [0.2, 0.25) is 11.8 Å². The molecule has 34 heavy (non-hydrogen) atoms. The first kappa shape index (κ1) is 28.9. The minimum absolute atomic E-state index is 0.0756. The molecular weight excluding hydrogens is 450 g/mol. The van der Waals surface area contributed by atoms with Crippen molar-refractivity contribution in [1.29, 1.82) is 0 Å². The van der Waals surface area contributed by atoms with E-state index in [2.05, 4.69) is 10.6 Å².